The van der Waals surface area contributed by atoms with Gasteiger partial charge in [0.05, 0.1) is 0 Å². The summed E-state index contributed by atoms with van der Waals surface area (Å²) >= 11 is 0. The van der Waals surface area contributed by atoms with Gasteiger partial charge in [-0.3, -0.25) is 0 Å². The van der Waals surface area contributed by atoms with Gasteiger partial charge in [-0.05, 0) is 42.2 Å². The first kappa shape index (κ1) is 12.8. The molecule has 0 amide bonds. The summed E-state index contributed by atoms with van der Waals surface area (Å²) in [5, 5.41) is 21.1. The van der Waals surface area contributed by atoms with E-state index in [4.69, 9.17) is 0 Å². The van der Waals surface area contributed by atoms with E-state index < -0.39 is 11.5 Å². The molecule has 1 aliphatic carbocycles. The summed E-state index contributed by atoms with van der Waals surface area (Å²) in [6, 6.07) is 8.09. The summed E-state index contributed by atoms with van der Waals surface area (Å²) in [4.78, 5) is 11.5. The monoisotopic (exact) mass is 272 g/mol. The molecule has 1 fully saturated rings. The van der Waals surface area contributed by atoms with Crippen LogP contribution in [0.1, 0.15) is 36.2 Å². The summed E-state index contributed by atoms with van der Waals surface area (Å²) < 4.78 is 1.50. The van der Waals surface area contributed by atoms with Crippen molar-refractivity contribution in [1.29, 1.82) is 0 Å². The van der Waals surface area contributed by atoms with E-state index in [-0.39, 0.29) is 0 Å². The van der Waals surface area contributed by atoms with Gasteiger partial charge in [-0.15, -0.1) is 5.10 Å². The molecule has 1 saturated carbocycles. The Balaban J connectivity index is 1.90. The van der Waals surface area contributed by atoms with Crippen molar-refractivity contribution in [3.8, 4) is 0 Å². The molecule has 1 aromatic heterocycles. The van der Waals surface area contributed by atoms with Gasteiger partial charge in [0.15, 0.2) is 11.4 Å². The fourth-order valence-corrected chi connectivity index (χ4v) is 2.56. The average Bonchev–Trinajstić information content (AvgIpc) is 2.79. The fraction of sp³-hybridized carbons (Fsp3) is 0.429. The van der Waals surface area contributed by atoms with Gasteiger partial charge in [0.1, 0.15) is 0 Å². The lowest BCUT2D eigenvalue weighted by atomic mass is 9.77. The van der Waals surface area contributed by atoms with Crippen molar-refractivity contribution in [3.63, 3.8) is 0 Å². The zero-order valence-electron chi connectivity index (χ0n) is 11.3. The third-order valence-corrected chi connectivity index (χ3v) is 4.00. The minimum atomic E-state index is -0.941. The van der Waals surface area contributed by atoms with Crippen LogP contribution in [0.5, 0.6) is 0 Å². The maximum absolute atomic E-state index is 11.5. The molecule has 6 heteroatoms. The Kier molecular flexibility index (Phi) is 3.00. The van der Waals surface area contributed by atoms with Gasteiger partial charge in [-0.25, -0.2) is 9.48 Å². The largest absolute Gasteiger partial charge is 0.479 e. The van der Waals surface area contributed by atoms with Gasteiger partial charge >= 0.3 is 5.97 Å². The molecule has 6 nitrogen and oxygen atoms in total. The molecule has 0 radical (unpaired) electrons. The third kappa shape index (κ3) is 1.97. The molecule has 104 valence electrons. The van der Waals surface area contributed by atoms with Crippen LogP contribution in [0, 0.1) is 6.92 Å². The molecule has 0 saturated heterocycles. The number of tetrazole rings is 1. The summed E-state index contributed by atoms with van der Waals surface area (Å²) in [6.07, 6.45) is 2.63. The van der Waals surface area contributed by atoms with E-state index in [1.165, 1.54) is 10.2 Å². The number of aromatic nitrogens is 4. The average molecular weight is 272 g/mol. The predicted molar refractivity (Wildman–Crippen MR) is 71.3 cm³/mol. The van der Waals surface area contributed by atoms with Crippen LogP contribution in [-0.2, 0) is 16.8 Å². The van der Waals surface area contributed by atoms with Crippen molar-refractivity contribution in [1.82, 2.24) is 20.2 Å². The number of benzene rings is 1. The van der Waals surface area contributed by atoms with Gasteiger partial charge in [-0.1, -0.05) is 29.8 Å². The van der Waals surface area contributed by atoms with Crippen LogP contribution in [0.2, 0.25) is 0 Å². The summed E-state index contributed by atoms with van der Waals surface area (Å²) in [6.45, 7) is 2.03. The number of carbonyl (C=O) groups is 1. The SMILES string of the molecule is Cc1ccc(Cc2nnnn2C2(C(=O)O)CCC2)cc1. The van der Waals surface area contributed by atoms with E-state index in [0.717, 1.165) is 12.0 Å². The molecular formula is C14H16N4O2. The number of aryl methyl sites for hydroxylation is 1. The Morgan fingerprint density at radius 1 is 1.35 bits per heavy atom. The van der Waals surface area contributed by atoms with Crippen LogP contribution in [0.15, 0.2) is 24.3 Å². The molecule has 0 aliphatic heterocycles. The first-order valence-corrected chi connectivity index (χ1v) is 6.68. The smallest absolute Gasteiger partial charge is 0.331 e. The molecule has 0 atom stereocenters. The van der Waals surface area contributed by atoms with Crippen LogP contribution in [-0.4, -0.2) is 31.3 Å². The molecule has 0 unspecified atom stereocenters. The third-order valence-electron chi connectivity index (χ3n) is 4.00. The van der Waals surface area contributed by atoms with E-state index in [0.29, 0.717) is 25.1 Å². The number of carboxylic acid groups (broad SMARTS) is 1. The van der Waals surface area contributed by atoms with Crippen LogP contribution in [0.4, 0.5) is 0 Å². The highest BCUT2D eigenvalue weighted by Crippen LogP contribution is 2.39. The fourth-order valence-electron chi connectivity index (χ4n) is 2.56. The second kappa shape index (κ2) is 4.70. The summed E-state index contributed by atoms with van der Waals surface area (Å²) in [5.41, 5.74) is 1.32. The van der Waals surface area contributed by atoms with Crippen LogP contribution >= 0.6 is 0 Å². The zero-order chi connectivity index (χ0) is 14.2. The standard InChI is InChI=1S/C14H16N4O2/c1-10-3-5-11(6-4-10)9-12-15-16-17-18(12)14(13(19)20)7-2-8-14/h3-6H,2,7-9H2,1H3,(H,19,20). The lowest BCUT2D eigenvalue weighted by Crippen LogP contribution is -2.49. The number of rotatable bonds is 4. The van der Waals surface area contributed by atoms with Crippen molar-refractivity contribution in [2.75, 3.05) is 0 Å². The topological polar surface area (TPSA) is 80.9 Å². The molecule has 3 rings (SSSR count). The van der Waals surface area contributed by atoms with Gasteiger partial charge in [0, 0.05) is 6.42 Å². The van der Waals surface area contributed by atoms with E-state index in [2.05, 4.69) is 15.5 Å². The molecule has 1 aromatic carbocycles. The second-order valence-corrected chi connectivity index (χ2v) is 5.36. The Bertz CT molecular complexity index is 629. The highest BCUT2D eigenvalue weighted by molar-refractivity contribution is 5.77. The maximum atomic E-state index is 11.5. The molecule has 1 aliphatic rings. The van der Waals surface area contributed by atoms with Gasteiger partial charge in [0.2, 0.25) is 0 Å². The molecular weight excluding hydrogens is 256 g/mol. The first-order chi connectivity index (χ1) is 9.62. The zero-order valence-corrected chi connectivity index (χ0v) is 11.3. The Morgan fingerprint density at radius 2 is 2.05 bits per heavy atom. The van der Waals surface area contributed by atoms with Crippen LogP contribution < -0.4 is 0 Å². The lowest BCUT2D eigenvalue weighted by molar-refractivity contribution is -0.153. The van der Waals surface area contributed by atoms with Gasteiger partial charge < -0.3 is 5.11 Å². The number of aliphatic carboxylic acids is 1. The normalized spacial score (nSPS) is 16.6. The number of hydrogen-bond acceptors (Lipinski definition) is 4. The van der Waals surface area contributed by atoms with Crippen molar-refractivity contribution in [2.24, 2.45) is 0 Å². The molecule has 0 bridgehead atoms. The van der Waals surface area contributed by atoms with Crippen molar-refractivity contribution in [3.05, 3.63) is 41.2 Å². The lowest BCUT2D eigenvalue weighted by Gasteiger charge is -2.37. The Labute approximate surface area is 116 Å². The summed E-state index contributed by atoms with van der Waals surface area (Å²) in [7, 11) is 0. The Hall–Kier alpha value is -2.24. The molecule has 0 spiro atoms. The van der Waals surface area contributed by atoms with Crippen molar-refractivity contribution < 1.29 is 9.90 Å². The Morgan fingerprint density at radius 3 is 2.60 bits per heavy atom. The quantitative estimate of drug-likeness (QED) is 0.913. The minimum absolute atomic E-state index is 0.544. The molecule has 1 heterocycles. The first-order valence-electron chi connectivity index (χ1n) is 6.68. The molecule has 2 aromatic rings. The summed E-state index contributed by atoms with van der Waals surface area (Å²) in [5.74, 6) is -0.239. The minimum Gasteiger partial charge on any atom is -0.479 e. The molecule has 1 N–H and O–H groups in total. The molecule has 20 heavy (non-hydrogen) atoms. The highest BCUT2D eigenvalue weighted by atomic mass is 16.4. The van der Waals surface area contributed by atoms with E-state index in [9.17, 15) is 9.90 Å². The predicted octanol–water partition coefficient (Wildman–Crippen LogP) is 1.54. The van der Waals surface area contributed by atoms with Gasteiger partial charge in [0.25, 0.3) is 0 Å². The maximum Gasteiger partial charge on any atom is 0.331 e. The van der Waals surface area contributed by atoms with Crippen molar-refractivity contribution in [2.45, 2.75) is 38.1 Å². The van der Waals surface area contributed by atoms with E-state index in [1.54, 1.807) is 0 Å². The van der Waals surface area contributed by atoms with Crippen LogP contribution in [0.25, 0.3) is 0 Å². The van der Waals surface area contributed by atoms with Crippen LogP contribution in [0.3, 0.4) is 0 Å². The van der Waals surface area contributed by atoms with Crippen molar-refractivity contribution >= 4 is 5.97 Å². The number of nitrogens with zero attached hydrogens (tertiary/aromatic N) is 4. The second-order valence-electron chi connectivity index (χ2n) is 5.36. The van der Waals surface area contributed by atoms with E-state index in [1.807, 2.05) is 31.2 Å². The number of carboxylic acids is 1. The van der Waals surface area contributed by atoms with E-state index >= 15 is 0 Å². The number of hydrogen-bond donors (Lipinski definition) is 1. The highest BCUT2D eigenvalue weighted by Gasteiger charge is 2.48. The van der Waals surface area contributed by atoms with Gasteiger partial charge in [-0.2, -0.15) is 0 Å².